The number of rotatable bonds is 3. The Morgan fingerprint density at radius 3 is 3.12 bits per heavy atom. The number of aromatic nitrogens is 2. The third-order valence-electron chi connectivity index (χ3n) is 3.05. The van der Waals surface area contributed by atoms with Crippen LogP contribution in [0.5, 0.6) is 0 Å². The lowest BCUT2D eigenvalue weighted by Gasteiger charge is -2.28. The van der Waals surface area contributed by atoms with Gasteiger partial charge in [-0.2, -0.15) is 10.4 Å². The smallest absolute Gasteiger partial charge is 0.169 e. The average molecular weight is 231 g/mol. The summed E-state index contributed by atoms with van der Waals surface area (Å²) in [6.45, 7) is 1.95. The first-order valence-electron chi connectivity index (χ1n) is 5.85. The Bertz CT molecular complexity index is 423. The van der Waals surface area contributed by atoms with Crippen LogP contribution < -0.4 is 4.90 Å². The fourth-order valence-electron chi connectivity index (χ4n) is 2.35. The molecule has 0 aliphatic carbocycles. The minimum Gasteiger partial charge on any atom is -0.350 e. The molecule has 5 heteroatoms. The summed E-state index contributed by atoms with van der Waals surface area (Å²) >= 11 is 0. The van der Waals surface area contributed by atoms with E-state index in [9.17, 15) is 0 Å². The van der Waals surface area contributed by atoms with Crippen LogP contribution >= 0.6 is 0 Å². The highest BCUT2D eigenvalue weighted by Crippen LogP contribution is 2.25. The number of anilines is 1. The molecule has 0 bridgehead atoms. The molecule has 5 nitrogen and oxygen atoms in total. The summed E-state index contributed by atoms with van der Waals surface area (Å²) in [5, 5.41) is 17.1. The van der Waals surface area contributed by atoms with Gasteiger partial charge in [0.05, 0.1) is 11.8 Å². The van der Waals surface area contributed by atoms with Gasteiger partial charge in [0.25, 0.3) is 0 Å². The summed E-state index contributed by atoms with van der Waals surface area (Å²) in [5.41, 5.74) is 0.616. The second-order valence-corrected chi connectivity index (χ2v) is 4.63. The highest BCUT2D eigenvalue weighted by atomic mass is 15.3. The van der Waals surface area contributed by atoms with Crippen LogP contribution in [0, 0.1) is 11.3 Å². The zero-order valence-corrected chi connectivity index (χ0v) is 10.3. The van der Waals surface area contributed by atoms with Crippen LogP contribution in [0.15, 0.2) is 12.3 Å². The van der Waals surface area contributed by atoms with Gasteiger partial charge in [0.15, 0.2) is 5.82 Å². The van der Waals surface area contributed by atoms with Crippen LogP contribution in [0.1, 0.15) is 18.4 Å². The molecule has 90 valence electrons. The van der Waals surface area contributed by atoms with Gasteiger partial charge in [-0.15, -0.1) is 5.10 Å². The van der Waals surface area contributed by atoms with E-state index in [1.807, 2.05) is 0 Å². The van der Waals surface area contributed by atoms with Crippen molar-refractivity contribution in [3.63, 3.8) is 0 Å². The normalized spacial score (nSPS) is 19.6. The van der Waals surface area contributed by atoms with E-state index in [4.69, 9.17) is 5.26 Å². The molecule has 0 amide bonds. The van der Waals surface area contributed by atoms with Crippen molar-refractivity contribution in [1.82, 2.24) is 15.1 Å². The molecule has 1 aliphatic heterocycles. The van der Waals surface area contributed by atoms with Gasteiger partial charge in [-0.05, 0) is 33.0 Å². The van der Waals surface area contributed by atoms with Crippen molar-refractivity contribution in [3.8, 4) is 6.07 Å². The van der Waals surface area contributed by atoms with E-state index >= 15 is 0 Å². The van der Waals surface area contributed by atoms with Gasteiger partial charge in [-0.25, -0.2) is 0 Å². The molecule has 2 heterocycles. The van der Waals surface area contributed by atoms with Gasteiger partial charge in [0.1, 0.15) is 6.07 Å². The fourth-order valence-corrected chi connectivity index (χ4v) is 2.35. The van der Waals surface area contributed by atoms with Crippen LogP contribution in [0.4, 0.5) is 5.82 Å². The van der Waals surface area contributed by atoms with Crippen LogP contribution in [0.3, 0.4) is 0 Å². The Labute approximate surface area is 102 Å². The fraction of sp³-hybridized carbons (Fsp3) is 0.583. The second-order valence-electron chi connectivity index (χ2n) is 4.63. The van der Waals surface area contributed by atoms with Gasteiger partial charge in [0, 0.05) is 19.1 Å². The van der Waals surface area contributed by atoms with Gasteiger partial charge in [-0.3, -0.25) is 0 Å². The maximum atomic E-state index is 9.09. The summed E-state index contributed by atoms with van der Waals surface area (Å²) in [7, 11) is 4.14. The van der Waals surface area contributed by atoms with E-state index in [1.54, 1.807) is 12.3 Å². The van der Waals surface area contributed by atoms with E-state index in [0.717, 1.165) is 31.7 Å². The van der Waals surface area contributed by atoms with Crippen molar-refractivity contribution in [2.75, 3.05) is 32.1 Å². The topological polar surface area (TPSA) is 56.1 Å². The van der Waals surface area contributed by atoms with Crippen molar-refractivity contribution >= 4 is 5.82 Å². The summed E-state index contributed by atoms with van der Waals surface area (Å²) in [4.78, 5) is 4.39. The average Bonchev–Trinajstić information content (AvgIpc) is 2.76. The van der Waals surface area contributed by atoms with Crippen molar-refractivity contribution in [3.05, 3.63) is 17.8 Å². The third-order valence-corrected chi connectivity index (χ3v) is 3.05. The van der Waals surface area contributed by atoms with Gasteiger partial charge in [0.2, 0.25) is 0 Å². The number of hydrogen-bond acceptors (Lipinski definition) is 5. The molecule has 1 aromatic rings. The van der Waals surface area contributed by atoms with Crippen molar-refractivity contribution in [2.45, 2.75) is 18.9 Å². The minimum atomic E-state index is 0.439. The molecule has 0 spiro atoms. The molecule has 1 aromatic heterocycles. The van der Waals surface area contributed by atoms with Crippen molar-refractivity contribution in [1.29, 1.82) is 5.26 Å². The quantitative estimate of drug-likeness (QED) is 0.773. The predicted molar refractivity (Wildman–Crippen MR) is 65.7 cm³/mol. The van der Waals surface area contributed by atoms with Gasteiger partial charge >= 0.3 is 0 Å². The summed E-state index contributed by atoms with van der Waals surface area (Å²) in [6, 6.07) is 4.36. The molecule has 1 atom stereocenters. The first-order valence-corrected chi connectivity index (χ1v) is 5.85. The Morgan fingerprint density at radius 2 is 2.41 bits per heavy atom. The minimum absolute atomic E-state index is 0.439. The van der Waals surface area contributed by atoms with Crippen LogP contribution in [-0.4, -0.2) is 48.3 Å². The maximum absolute atomic E-state index is 9.09. The van der Waals surface area contributed by atoms with Gasteiger partial charge in [-0.1, -0.05) is 0 Å². The SMILES string of the molecule is CN(C)CC1CCCN1c1nnccc1C#N. The summed E-state index contributed by atoms with van der Waals surface area (Å²) in [6.07, 6.45) is 3.87. The second kappa shape index (κ2) is 5.11. The molecule has 0 radical (unpaired) electrons. The number of likely N-dealkylation sites (N-methyl/N-ethyl adjacent to an activating group) is 1. The molecule has 0 N–H and O–H groups in total. The van der Waals surface area contributed by atoms with Crippen molar-refractivity contribution in [2.24, 2.45) is 0 Å². The van der Waals surface area contributed by atoms with E-state index in [1.165, 1.54) is 0 Å². The monoisotopic (exact) mass is 231 g/mol. The standard InChI is InChI=1S/C12H17N5/c1-16(2)9-11-4-3-7-17(11)12-10(8-13)5-6-14-15-12/h5-6,11H,3-4,7,9H2,1-2H3. The Hall–Kier alpha value is -1.67. The van der Waals surface area contributed by atoms with E-state index in [-0.39, 0.29) is 0 Å². The first kappa shape index (κ1) is 11.8. The molecule has 17 heavy (non-hydrogen) atoms. The van der Waals surface area contributed by atoms with Crippen LogP contribution in [0.25, 0.3) is 0 Å². The van der Waals surface area contributed by atoms with E-state index in [2.05, 4.69) is 40.2 Å². The van der Waals surface area contributed by atoms with E-state index in [0.29, 0.717) is 11.6 Å². The summed E-state index contributed by atoms with van der Waals surface area (Å²) in [5.74, 6) is 0.736. The Morgan fingerprint density at radius 1 is 1.59 bits per heavy atom. The van der Waals surface area contributed by atoms with E-state index < -0.39 is 0 Å². The molecule has 1 saturated heterocycles. The highest BCUT2D eigenvalue weighted by molar-refractivity contribution is 5.53. The zero-order chi connectivity index (χ0) is 12.3. The van der Waals surface area contributed by atoms with Gasteiger partial charge < -0.3 is 9.80 Å². The Kier molecular flexibility index (Phi) is 3.55. The predicted octanol–water partition coefficient (Wildman–Crippen LogP) is 0.879. The van der Waals surface area contributed by atoms with Crippen molar-refractivity contribution < 1.29 is 0 Å². The molecular formula is C12H17N5. The molecular weight excluding hydrogens is 214 g/mol. The highest BCUT2D eigenvalue weighted by Gasteiger charge is 2.27. The van der Waals surface area contributed by atoms with Crippen LogP contribution in [0.2, 0.25) is 0 Å². The lowest BCUT2D eigenvalue weighted by molar-refractivity contribution is 0.371. The third kappa shape index (κ3) is 2.53. The Balaban J connectivity index is 2.23. The number of nitriles is 1. The number of nitrogens with zero attached hydrogens (tertiary/aromatic N) is 5. The summed E-state index contributed by atoms with van der Waals surface area (Å²) < 4.78 is 0. The molecule has 1 fully saturated rings. The largest absolute Gasteiger partial charge is 0.350 e. The van der Waals surface area contributed by atoms with Crippen LogP contribution in [-0.2, 0) is 0 Å². The first-order chi connectivity index (χ1) is 8.22. The molecule has 1 unspecified atom stereocenters. The maximum Gasteiger partial charge on any atom is 0.169 e. The molecule has 0 aromatic carbocycles. The molecule has 1 aliphatic rings. The molecule has 0 saturated carbocycles. The molecule has 2 rings (SSSR count). The lowest BCUT2D eigenvalue weighted by atomic mass is 10.2. The number of hydrogen-bond donors (Lipinski definition) is 0. The zero-order valence-electron chi connectivity index (χ0n) is 10.3. The lowest BCUT2D eigenvalue weighted by Crippen LogP contribution is -2.38.